The minimum Gasteiger partial charge on any atom is -0.476 e. The van der Waals surface area contributed by atoms with Crippen molar-refractivity contribution in [3.63, 3.8) is 0 Å². The first-order valence-electron chi connectivity index (χ1n) is 6.87. The van der Waals surface area contributed by atoms with Gasteiger partial charge in [-0.2, -0.15) is 0 Å². The zero-order valence-electron chi connectivity index (χ0n) is 12.0. The van der Waals surface area contributed by atoms with E-state index in [9.17, 15) is 9.59 Å². The number of nitrogens with zero attached hydrogens (tertiary/aromatic N) is 1. The highest BCUT2D eigenvalue weighted by molar-refractivity contribution is 7.09. The molecule has 1 aromatic rings. The number of aromatic carboxylic acids is 1. The van der Waals surface area contributed by atoms with Crippen LogP contribution < -0.4 is 10.6 Å². The Morgan fingerprint density at radius 1 is 1.57 bits per heavy atom. The Morgan fingerprint density at radius 3 is 2.86 bits per heavy atom. The molecule has 0 bridgehead atoms. The van der Waals surface area contributed by atoms with Gasteiger partial charge in [0.05, 0.1) is 12.1 Å². The van der Waals surface area contributed by atoms with Gasteiger partial charge in [-0.3, -0.25) is 0 Å². The highest BCUT2D eigenvalue weighted by Crippen LogP contribution is 2.23. The first-order chi connectivity index (χ1) is 9.99. The number of carboxylic acid groups (broad SMARTS) is 1. The van der Waals surface area contributed by atoms with E-state index in [0.29, 0.717) is 11.6 Å². The average Bonchev–Trinajstić information content (AvgIpc) is 2.86. The van der Waals surface area contributed by atoms with Crippen LogP contribution >= 0.6 is 11.3 Å². The number of rotatable bonds is 6. The van der Waals surface area contributed by atoms with Gasteiger partial charge >= 0.3 is 12.0 Å². The normalized spacial score (nSPS) is 22.2. The molecule has 1 aromatic heterocycles. The number of thiazole rings is 1. The molecule has 1 heterocycles. The lowest BCUT2D eigenvalue weighted by Crippen LogP contribution is -2.51. The second-order valence-corrected chi connectivity index (χ2v) is 5.85. The van der Waals surface area contributed by atoms with Gasteiger partial charge in [-0.15, -0.1) is 11.3 Å². The number of carboxylic acids is 1. The number of nitrogens with one attached hydrogen (secondary N) is 2. The molecule has 1 aliphatic carbocycles. The molecular weight excluding hydrogens is 294 g/mol. The number of aromatic nitrogens is 1. The molecule has 1 atom stereocenters. The van der Waals surface area contributed by atoms with Gasteiger partial charge in [0.15, 0.2) is 5.69 Å². The van der Waals surface area contributed by atoms with Crippen molar-refractivity contribution in [2.24, 2.45) is 0 Å². The van der Waals surface area contributed by atoms with Gasteiger partial charge < -0.3 is 20.5 Å². The van der Waals surface area contributed by atoms with Gasteiger partial charge in [-0.25, -0.2) is 14.6 Å². The molecule has 0 saturated heterocycles. The summed E-state index contributed by atoms with van der Waals surface area (Å²) in [5, 5.41) is 16.5. The minimum atomic E-state index is -1.06. The van der Waals surface area contributed by atoms with Gasteiger partial charge in [0.1, 0.15) is 5.01 Å². The summed E-state index contributed by atoms with van der Waals surface area (Å²) in [7, 11) is 0. The molecule has 1 aliphatic rings. The molecule has 0 radical (unpaired) electrons. The molecule has 3 N–H and O–H groups in total. The standard InChI is InChI=1S/C13H19N3O4S/c1-3-20-9-4-8(5-9)15-13(19)14-7(2)11-16-10(6-21-11)12(17)18/h6-9H,3-5H2,1-2H3,(H,17,18)(H2,14,15,19). The Kier molecular flexibility index (Phi) is 5.13. The monoisotopic (exact) mass is 313 g/mol. The zero-order chi connectivity index (χ0) is 15.4. The molecular formula is C13H19N3O4S. The highest BCUT2D eigenvalue weighted by Gasteiger charge is 2.31. The summed E-state index contributed by atoms with van der Waals surface area (Å²) in [5.74, 6) is -1.06. The van der Waals surface area contributed by atoms with Crippen LogP contribution in [0.2, 0.25) is 0 Å². The summed E-state index contributed by atoms with van der Waals surface area (Å²) in [6.45, 7) is 4.42. The third-order valence-electron chi connectivity index (χ3n) is 3.29. The molecule has 0 spiro atoms. The van der Waals surface area contributed by atoms with Crippen molar-refractivity contribution >= 4 is 23.3 Å². The second-order valence-electron chi connectivity index (χ2n) is 4.96. The number of urea groups is 1. The number of amides is 2. The summed E-state index contributed by atoms with van der Waals surface area (Å²) in [5.41, 5.74) is 0.00241. The maximum atomic E-state index is 11.8. The van der Waals surface area contributed by atoms with Crippen molar-refractivity contribution in [3.05, 3.63) is 16.1 Å². The first-order valence-corrected chi connectivity index (χ1v) is 7.75. The maximum absolute atomic E-state index is 11.8. The van der Waals surface area contributed by atoms with E-state index in [1.54, 1.807) is 6.92 Å². The van der Waals surface area contributed by atoms with E-state index in [2.05, 4.69) is 15.6 Å². The van der Waals surface area contributed by atoms with Crippen LogP contribution in [0.25, 0.3) is 0 Å². The van der Waals surface area contributed by atoms with Crippen molar-refractivity contribution < 1.29 is 19.4 Å². The molecule has 0 aliphatic heterocycles. The van der Waals surface area contributed by atoms with Gasteiger partial charge in [0.2, 0.25) is 0 Å². The topological polar surface area (TPSA) is 101 Å². The molecule has 1 saturated carbocycles. The number of ether oxygens (including phenoxy) is 1. The van der Waals surface area contributed by atoms with Gasteiger partial charge in [0.25, 0.3) is 0 Å². The largest absolute Gasteiger partial charge is 0.476 e. The van der Waals surface area contributed by atoms with Gasteiger partial charge in [-0.1, -0.05) is 0 Å². The van der Waals surface area contributed by atoms with Crippen LogP contribution in [0.1, 0.15) is 48.2 Å². The summed E-state index contributed by atoms with van der Waals surface area (Å²) >= 11 is 1.22. The van der Waals surface area contributed by atoms with Crippen molar-refractivity contribution in [1.29, 1.82) is 0 Å². The fourth-order valence-electron chi connectivity index (χ4n) is 2.13. The van der Waals surface area contributed by atoms with E-state index in [1.807, 2.05) is 6.92 Å². The van der Waals surface area contributed by atoms with E-state index in [-0.39, 0.29) is 29.9 Å². The summed E-state index contributed by atoms with van der Waals surface area (Å²) < 4.78 is 5.43. The van der Waals surface area contributed by atoms with Crippen LogP contribution in [0.15, 0.2) is 5.38 Å². The van der Waals surface area contributed by atoms with Crippen molar-refractivity contribution in [2.45, 2.75) is 44.9 Å². The van der Waals surface area contributed by atoms with Crippen molar-refractivity contribution in [3.8, 4) is 0 Å². The Balaban J connectivity index is 1.76. The first kappa shape index (κ1) is 15.7. The van der Waals surface area contributed by atoms with Crippen LogP contribution in [0.5, 0.6) is 0 Å². The molecule has 0 aromatic carbocycles. The number of hydrogen-bond donors (Lipinski definition) is 3. The number of carbonyl (C=O) groups is 2. The van der Waals surface area contributed by atoms with E-state index >= 15 is 0 Å². The third-order valence-corrected chi connectivity index (χ3v) is 4.32. The Morgan fingerprint density at radius 2 is 2.29 bits per heavy atom. The predicted molar refractivity (Wildman–Crippen MR) is 77.6 cm³/mol. The molecule has 8 heteroatoms. The average molecular weight is 313 g/mol. The summed E-state index contributed by atoms with van der Waals surface area (Å²) in [6, 6.07) is -0.458. The fraction of sp³-hybridized carbons (Fsp3) is 0.615. The van der Waals surface area contributed by atoms with Gasteiger partial charge in [0, 0.05) is 18.0 Å². The molecule has 7 nitrogen and oxygen atoms in total. The third kappa shape index (κ3) is 4.15. The minimum absolute atomic E-state index is 0.00241. The molecule has 1 unspecified atom stereocenters. The number of hydrogen-bond acceptors (Lipinski definition) is 5. The lowest BCUT2D eigenvalue weighted by Gasteiger charge is -2.35. The lowest BCUT2D eigenvalue weighted by atomic mass is 9.89. The number of carbonyl (C=O) groups excluding carboxylic acids is 1. The Labute approximate surface area is 126 Å². The van der Waals surface area contributed by atoms with E-state index in [0.717, 1.165) is 12.8 Å². The van der Waals surface area contributed by atoms with Crippen LogP contribution in [-0.4, -0.2) is 40.8 Å². The molecule has 116 valence electrons. The quantitative estimate of drug-likeness (QED) is 0.743. The molecule has 2 rings (SSSR count). The van der Waals surface area contributed by atoms with Crippen molar-refractivity contribution in [2.75, 3.05) is 6.61 Å². The highest BCUT2D eigenvalue weighted by atomic mass is 32.1. The van der Waals surface area contributed by atoms with E-state index in [1.165, 1.54) is 16.7 Å². The van der Waals surface area contributed by atoms with Crippen LogP contribution in [0, 0.1) is 0 Å². The van der Waals surface area contributed by atoms with Crippen LogP contribution in [0.3, 0.4) is 0 Å². The predicted octanol–water partition coefficient (Wildman–Crippen LogP) is 1.77. The van der Waals surface area contributed by atoms with Crippen LogP contribution in [0.4, 0.5) is 4.79 Å². The smallest absolute Gasteiger partial charge is 0.355 e. The van der Waals surface area contributed by atoms with Crippen molar-refractivity contribution in [1.82, 2.24) is 15.6 Å². The summed E-state index contributed by atoms with van der Waals surface area (Å²) in [4.78, 5) is 26.6. The molecule has 21 heavy (non-hydrogen) atoms. The molecule has 1 fully saturated rings. The fourth-order valence-corrected chi connectivity index (χ4v) is 2.93. The Hall–Kier alpha value is -1.67. The second kappa shape index (κ2) is 6.86. The Bertz CT molecular complexity index is 513. The lowest BCUT2D eigenvalue weighted by molar-refractivity contribution is -0.00714. The van der Waals surface area contributed by atoms with Crippen LogP contribution in [-0.2, 0) is 4.74 Å². The maximum Gasteiger partial charge on any atom is 0.355 e. The van der Waals surface area contributed by atoms with E-state index in [4.69, 9.17) is 9.84 Å². The molecule has 2 amide bonds. The van der Waals surface area contributed by atoms with E-state index < -0.39 is 5.97 Å². The zero-order valence-corrected chi connectivity index (χ0v) is 12.8. The van der Waals surface area contributed by atoms with Gasteiger partial charge in [-0.05, 0) is 26.7 Å². The summed E-state index contributed by atoms with van der Waals surface area (Å²) in [6.07, 6.45) is 1.90. The SMILES string of the molecule is CCOC1CC(NC(=O)NC(C)c2nc(C(=O)O)cs2)C1.